The third-order valence-corrected chi connectivity index (χ3v) is 6.67. The molecule has 2 atom stereocenters. The maximum Gasteiger partial charge on any atom is 0.222 e. The van der Waals surface area contributed by atoms with E-state index >= 15 is 0 Å². The van der Waals surface area contributed by atoms with Crippen LogP contribution in [0, 0.1) is 17.5 Å². The van der Waals surface area contributed by atoms with Crippen LogP contribution >= 0.6 is 0 Å². The number of rotatable bonds is 5. The van der Waals surface area contributed by atoms with E-state index in [0.29, 0.717) is 17.8 Å². The molecule has 0 unspecified atom stereocenters. The van der Waals surface area contributed by atoms with E-state index in [1.807, 2.05) is 24.3 Å². The number of halogens is 3. The molecule has 1 aliphatic rings. The van der Waals surface area contributed by atoms with Crippen molar-refractivity contribution < 1.29 is 13.2 Å². The van der Waals surface area contributed by atoms with Crippen LogP contribution in [0.25, 0.3) is 33.2 Å². The molecular weight excluding hydrogens is 481 g/mol. The Morgan fingerprint density at radius 3 is 2.51 bits per heavy atom. The summed E-state index contributed by atoms with van der Waals surface area (Å²) in [5.74, 6) is -0.980. The van der Waals surface area contributed by atoms with Gasteiger partial charge in [0.15, 0.2) is 17.5 Å². The number of aromatic amines is 1. The molecule has 5 N–H and O–H groups in total. The lowest BCUT2D eigenvalue weighted by molar-refractivity contribution is 0.425. The average Bonchev–Trinajstić information content (AvgIpc) is 3.30. The Labute approximate surface area is 209 Å². The molecule has 11 heteroatoms. The Kier molecular flexibility index (Phi) is 5.74. The second-order valence-corrected chi connectivity index (χ2v) is 9.20. The first-order valence-electron chi connectivity index (χ1n) is 12.0. The van der Waals surface area contributed by atoms with E-state index < -0.39 is 17.5 Å². The number of nitrogens with zero attached hydrogens (tertiary/aromatic N) is 4. The standard InChI is InChI=1S/C26H23F3N8/c27-13-8-17-18(11-31-22(17)19(28)9-13)23-32-12-20(29)25(36-23)34-15-5-3-4-14(10-15)33-24-16-6-1-2-7-21(16)35-26(30)37-24/h1-2,6-9,11-12,14-15,31H,3-5,10H2,(H,32,34,36)(H3,30,33,35,37)/t14-,15+/m0/s1. The molecule has 3 heterocycles. The monoisotopic (exact) mass is 504 g/mol. The maximum absolute atomic E-state index is 14.7. The number of fused-ring (bicyclic) bond motifs is 2. The number of hydrogen-bond acceptors (Lipinski definition) is 7. The molecule has 8 nitrogen and oxygen atoms in total. The zero-order valence-electron chi connectivity index (χ0n) is 19.6. The first-order chi connectivity index (χ1) is 17.9. The molecule has 0 bridgehead atoms. The lowest BCUT2D eigenvalue weighted by Gasteiger charge is -2.31. The number of nitrogen functional groups attached to an aromatic ring is 1. The van der Waals surface area contributed by atoms with E-state index in [-0.39, 0.29) is 40.6 Å². The van der Waals surface area contributed by atoms with Gasteiger partial charge in [-0.3, -0.25) is 0 Å². The summed E-state index contributed by atoms with van der Waals surface area (Å²) in [5, 5.41) is 7.86. The molecule has 0 amide bonds. The van der Waals surface area contributed by atoms with E-state index in [4.69, 9.17) is 5.73 Å². The summed E-state index contributed by atoms with van der Waals surface area (Å²) >= 11 is 0. The van der Waals surface area contributed by atoms with Crippen molar-refractivity contribution in [2.45, 2.75) is 37.8 Å². The zero-order chi connectivity index (χ0) is 25.5. The van der Waals surface area contributed by atoms with Crippen molar-refractivity contribution in [3.8, 4) is 11.4 Å². The minimum Gasteiger partial charge on any atom is -0.368 e. The van der Waals surface area contributed by atoms with Crippen LogP contribution in [0.3, 0.4) is 0 Å². The predicted octanol–water partition coefficient (Wildman–Crippen LogP) is 5.40. The Morgan fingerprint density at radius 2 is 1.68 bits per heavy atom. The van der Waals surface area contributed by atoms with Crippen LogP contribution in [0.1, 0.15) is 25.7 Å². The smallest absolute Gasteiger partial charge is 0.222 e. The van der Waals surface area contributed by atoms with Crippen LogP contribution in [0.2, 0.25) is 0 Å². The number of nitrogens with two attached hydrogens (primary N) is 1. The molecule has 2 aromatic carbocycles. The summed E-state index contributed by atoms with van der Waals surface area (Å²) in [6, 6.07) is 9.65. The molecule has 1 saturated carbocycles. The van der Waals surface area contributed by atoms with Gasteiger partial charge in [-0.25, -0.2) is 28.1 Å². The zero-order valence-corrected chi connectivity index (χ0v) is 19.6. The SMILES string of the molecule is Nc1nc(N[C@H]2CCC[C@@H](Nc3nc(-c4c[nH]c5c(F)cc(F)cc45)ncc3F)C2)c2ccccc2n1. The second kappa shape index (κ2) is 9.23. The van der Waals surface area contributed by atoms with E-state index in [2.05, 4.69) is 35.6 Å². The Hall–Kier alpha value is -4.41. The maximum atomic E-state index is 14.7. The van der Waals surface area contributed by atoms with Crippen LogP contribution in [0.4, 0.5) is 30.8 Å². The van der Waals surface area contributed by atoms with Crippen molar-refractivity contribution in [2.24, 2.45) is 0 Å². The van der Waals surface area contributed by atoms with Crippen LogP contribution in [-0.4, -0.2) is 37.0 Å². The Balaban J connectivity index is 1.23. The quantitative estimate of drug-likeness (QED) is 0.253. The number of para-hydroxylation sites is 1. The first kappa shape index (κ1) is 23.0. The summed E-state index contributed by atoms with van der Waals surface area (Å²) < 4.78 is 42.7. The molecule has 0 radical (unpaired) electrons. The minimum absolute atomic E-state index is 0.0404. The molecule has 0 spiro atoms. The van der Waals surface area contributed by atoms with Gasteiger partial charge in [0, 0.05) is 40.7 Å². The second-order valence-electron chi connectivity index (χ2n) is 9.20. The van der Waals surface area contributed by atoms with Crippen LogP contribution in [0.5, 0.6) is 0 Å². The van der Waals surface area contributed by atoms with Crippen LogP contribution < -0.4 is 16.4 Å². The molecular formula is C26H23F3N8. The van der Waals surface area contributed by atoms with Crippen molar-refractivity contribution in [1.82, 2.24) is 24.9 Å². The van der Waals surface area contributed by atoms with Gasteiger partial charge in [-0.15, -0.1) is 0 Å². The Bertz CT molecular complexity index is 1620. The van der Waals surface area contributed by atoms with E-state index in [9.17, 15) is 13.2 Å². The van der Waals surface area contributed by atoms with Crippen molar-refractivity contribution in [2.75, 3.05) is 16.4 Å². The third kappa shape index (κ3) is 4.48. The van der Waals surface area contributed by atoms with Gasteiger partial charge in [0.1, 0.15) is 17.5 Å². The highest BCUT2D eigenvalue weighted by molar-refractivity contribution is 5.94. The minimum atomic E-state index is -0.722. The number of aromatic nitrogens is 5. The average molecular weight is 505 g/mol. The number of H-pyrrole nitrogens is 1. The first-order valence-corrected chi connectivity index (χ1v) is 12.0. The van der Waals surface area contributed by atoms with Crippen molar-refractivity contribution >= 4 is 39.4 Å². The van der Waals surface area contributed by atoms with Crippen LogP contribution in [-0.2, 0) is 0 Å². The number of benzene rings is 2. The molecule has 1 fully saturated rings. The van der Waals surface area contributed by atoms with E-state index in [0.717, 1.165) is 42.4 Å². The largest absolute Gasteiger partial charge is 0.368 e. The fraction of sp³-hybridized carbons (Fsp3) is 0.231. The topological polar surface area (TPSA) is 117 Å². The van der Waals surface area contributed by atoms with Crippen molar-refractivity contribution in [3.63, 3.8) is 0 Å². The van der Waals surface area contributed by atoms with Gasteiger partial charge >= 0.3 is 0 Å². The molecule has 5 aromatic rings. The van der Waals surface area contributed by atoms with Gasteiger partial charge < -0.3 is 21.4 Å². The number of anilines is 3. The fourth-order valence-electron chi connectivity index (χ4n) is 4.98. The van der Waals surface area contributed by atoms with Crippen molar-refractivity contribution in [1.29, 1.82) is 0 Å². The lowest BCUT2D eigenvalue weighted by atomic mass is 9.91. The molecule has 37 heavy (non-hydrogen) atoms. The van der Waals surface area contributed by atoms with E-state index in [1.54, 1.807) is 0 Å². The van der Waals surface area contributed by atoms with E-state index in [1.165, 1.54) is 12.3 Å². The van der Waals surface area contributed by atoms with Gasteiger partial charge in [-0.2, -0.15) is 4.98 Å². The summed E-state index contributed by atoms with van der Waals surface area (Å²) in [4.78, 5) is 19.9. The highest BCUT2D eigenvalue weighted by atomic mass is 19.1. The summed E-state index contributed by atoms with van der Waals surface area (Å²) in [6.45, 7) is 0. The summed E-state index contributed by atoms with van der Waals surface area (Å²) in [5.41, 5.74) is 7.19. The number of nitrogens with one attached hydrogen (secondary N) is 3. The van der Waals surface area contributed by atoms with Gasteiger partial charge in [-0.05, 0) is 43.9 Å². The lowest BCUT2D eigenvalue weighted by Crippen LogP contribution is -2.35. The Morgan fingerprint density at radius 1 is 0.892 bits per heavy atom. The highest BCUT2D eigenvalue weighted by Gasteiger charge is 2.25. The highest BCUT2D eigenvalue weighted by Crippen LogP contribution is 2.31. The van der Waals surface area contributed by atoms with Crippen LogP contribution in [0.15, 0.2) is 48.8 Å². The summed E-state index contributed by atoms with van der Waals surface area (Å²) in [7, 11) is 0. The molecule has 1 aliphatic carbocycles. The molecule has 0 aliphatic heterocycles. The van der Waals surface area contributed by atoms with Gasteiger partial charge in [0.05, 0.1) is 17.2 Å². The van der Waals surface area contributed by atoms with Crippen molar-refractivity contribution in [3.05, 3.63) is 66.2 Å². The summed E-state index contributed by atoms with van der Waals surface area (Å²) in [6.07, 6.45) is 5.90. The number of hydrogen-bond donors (Lipinski definition) is 4. The molecule has 188 valence electrons. The third-order valence-electron chi connectivity index (χ3n) is 6.67. The van der Waals surface area contributed by atoms with Gasteiger partial charge in [0.2, 0.25) is 5.95 Å². The molecule has 3 aromatic heterocycles. The molecule has 0 saturated heterocycles. The van der Waals surface area contributed by atoms with Gasteiger partial charge in [0.25, 0.3) is 0 Å². The fourth-order valence-corrected chi connectivity index (χ4v) is 4.98. The molecule has 6 rings (SSSR count). The van der Waals surface area contributed by atoms with Gasteiger partial charge in [-0.1, -0.05) is 12.1 Å². The predicted molar refractivity (Wildman–Crippen MR) is 136 cm³/mol. The normalized spacial score (nSPS) is 17.8.